The second kappa shape index (κ2) is 5.16. The fraction of sp³-hybridized carbons (Fsp3) is 0.833. The van der Waals surface area contributed by atoms with Crippen LogP contribution < -0.4 is 0 Å². The summed E-state index contributed by atoms with van der Waals surface area (Å²) in [5, 5.41) is 0.236. The van der Waals surface area contributed by atoms with Crippen molar-refractivity contribution in [2.75, 3.05) is 6.26 Å². The molecule has 0 radical (unpaired) electrons. The second-order valence-electron chi connectivity index (χ2n) is 1.70. The molecule has 1 atom stereocenters. The van der Waals surface area contributed by atoms with E-state index in [4.69, 9.17) is 0 Å². The van der Waals surface area contributed by atoms with Crippen LogP contribution in [0.2, 0.25) is 0 Å². The molecule has 8 heavy (non-hydrogen) atoms. The maximum atomic E-state index is 10.1. The van der Waals surface area contributed by atoms with E-state index < -0.39 is 0 Å². The van der Waals surface area contributed by atoms with Crippen molar-refractivity contribution in [3.05, 3.63) is 0 Å². The van der Waals surface area contributed by atoms with E-state index in [-0.39, 0.29) is 5.25 Å². The van der Waals surface area contributed by atoms with Crippen LogP contribution in [0.15, 0.2) is 0 Å². The zero-order chi connectivity index (χ0) is 6.41. The number of thioether (sulfide) groups is 1. The molecule has 1 nitrogen and oxygen atoms in total. The Bertz CT molecular complexity index is 63.5. The van der Waals surface area contributed by atoms with Crippen LogP contribution in [0.3, 0.4) is 0 Å². The van der Waals surface area contributed by atoms with E-state index in [0.717, 1.165) is 19.1 Å². The number of aldehydes is 1. The summed E-state index contributed by atoms with van der Waals surface area (Å²) in [4.78, 5) is 10.1. The van der Waals surface area contributed by atoms with Crippen LogP contribution in [0, 0.1) is 0 Å². The molecule has 0 N–H and O–H groups in total. The van der Waals surface area contributed by atoms with E-state index in [9.17, 15) is 4.79 Å². The number of hydrogen-bond acceptors (Lipinski definition) is 2. The van der Waals surface area contributed by atoms with Crippen molar-refractivity contribution in [2.24, 2.45) is 0 Å². The molecule has 0 aromatic rings. The Morgan fingerprint density at radius 3 is 2.50 bits per heavy atom. The quantitative estimate of drug-likeness (QED) is 0.542. The molecule has 0 spiro atoms. The summed E-state index contributed by atoms with van der Waals surface area (Å²) in [5.74, 6) is 0. The monoisotopic (exact) mass is 132 g/mol. The van der Waals surface area contributed by atoms with Crippen LogP contribution in [-0.4, -0.2) is 17.8 Å². The van der Waals surface area contributed by atoms with Gasteiger partial charge >= 0.3 is 0 Å². The largest absolute Gasteiger partial charge is 0.302 e. The van der Waals surface area contributed by atoms with Gasteiger partial charge in [-0.25, -0.2) is 0 Å². The van der Waals surface area contributed by atoms with Crippen molar-refractivity contribution in [3.63, 3.8) is 0 Å². The van der Waals surface area contributed by atoms with E-state index >= 15 is 0 Å². The van der Waals surface area contributed by atoms with Gasteiger partial charge in [-0.15, -0.1) is 0 Å². The van der Waals surface area contributed by atoms with Crippen molar-refractivity contribution in [1.82, 2.24) is 0 Å². The molecule has 0 bridgehead atoms. The van der Waals surface area contributed by atoms with Gasteiger partial charge < -0.3 is 4.79 Å². The molecule has 1 unspecified atom stereocenters. The van der Waals surface area contributed by atoms with Gasteiger partial charge in [-0.05, 0) is 12.7 Å². The number of rotatable bonds is 4. The van der Waals surface area contributed by atoms with E-state index in [0.29, 0.717) is 0 Å². The lowest BCUT2D eigenvalue weighted by atomic mass is 10.3. The van der Waals surface area contributed by atoms with Crippen molar-refractivity contribution >= 4 is 18.0 Å². The van der Waals surface area contributed by atoms with Crippen LogP contribution in [0.4, 0.5) is 0 Å². The first-order valence-corrected chi connectivity index (χ1v) is 4.12. The van der Waals surface area contributed by atoms with E-state index in [1.807, 2.05) is 6.26 Å². The van der Waals surface area contributed by atoms with Gasteiger partial charge in [0, 0.05) is 0 Å². The van der Waals surface area contributed by atoms with Crippen LogP contribution in [-0.2, 0) is 4.79 Å². The topological polar surface area (TPSA) is 17.1 Å². The highest BCUT2D eigenvalue weighted by Crippen LogP contribution is 2.08. The Hall–Kier alpha value is 0.0200. The van der Waals surface area contributed by atoms with Gasteiger partial charge in [0.15, 0.2) is 0 Å². The van der Waals surface area contributed by atoms with Gasteiger partial charge in [-0.2, -0.15) is 11.8 Å². The van der Waals surface area contributed by atoms with Crippen molar-refractivity contribution in [1.29, 1.82) is 0 Å². The second-order valence-corrected chi connectivity index (χ2v) is 2.78. The first kappa shape index (κ1) is 8.02. The molecular formula is C6H12OS. The molecule has 2 heteroatoms. The van der Waals surface area contributed by atoms with Crippen molar-refractivity contribution < 1.29 is 4.79 Å². The predicted molar refractivity (Wildman–Crippen MR) is 38.3 cm³/mol. The van der Waals surface area contributed by atoms with E-state index in [2.05, 4.69) is 6.92 Å². The molecule has 0 saturated heterocycles. The number of carbonyl (C=O) groups excluding carboxylic acids is 1. The molecule has 0 amide bonds. The van der Waals surface area contributed by atoms with Gasteiger partial charge in [-0.1, -0.05) is 13.3 Å². The van der Waals surface area contributed by atoms with Gasteiger partial charge in [0.1, 0.15) is 6.29 Å². The molecule has 0 aliphatic carbocycles. The zero-order valence-electron chi connectivity index (χ0n) is 5.39. The minimum Gasteiger partial charge on any atom is -0.302 e. The Labute approximate surface area is 54.8 Å². The highest BCUT2D eigenvalue weighted by Gasteiger charge is 2.00. The standard InChI is InChI=1S/C6H12OS/c1-3-4-6(5-7)8-2/h5-6H,3-4H2,1-2H3. The Kier molecular flexibility index (Phi) is 5.18. The number of carbonyl (C=O) groups is 1. The van der Waals surface area contributed by atoms with Gasteiger partial charge in [0.25, 0.3) is 0 Å². The summed E-state index contributed by atoms with van der Waals surface area (Å²) < 4.78 is 0. The molecule has 0 saturated carbocycles. The van der Waals surface area contributed by atoms with Crippen LogP contribution >= 0.6 is 11.8 Å². The number of hydrogen-bond donors (Lipinski definition) is 0. The highest BCUT2D eigenvalue weighted by molar-refractivity contribution is 7.99. The minimum absolute atomic E-state index is 0.236. The van der Waals surface area contributed by atoms with Gasteiger partial charge in [-0.3, -0.25) is 0 Å². The van der Waals surface area contributed by atoms with Gasteiger partial charge in [0.05, 0.1) is 5.25 Å². The lowest BCUT2D eigenvalue weighted by Crippen LogP contribution is -2.01. The third kappa shape index (κ3) is 3.08. The molecule has 0 aliphatic rings. The lowest BCUT2D eigenvalue weighted by Gasteiger charge is -2.01. The normalized spacial score (nSPS) is 13.2. The third-order valence-electron chi connectivity index (χ3n) is 1.03. The smallest absolute Gasteiger partial charge is 0.132 e. The zero-order valence-corrected chi connectivity index (χ0v) is 6.20. The fourth-order valence-corrected chi connectivity index (χ4v) is 1.11. The summed E-state index contributed by atoms with van der Waals surface area (Å²) in [7, 11) is 0. The van der Waals surface area contributed by atoms with Crippen LogP contribution in [0.5, 0.6) is 0 Å². The summed E-state index contributed by atoms with van der Waals surface area (Å²) in [5.41, 5.74) is 0. The molecule has 0 aliphatic heterocycles. The average Bonchev–Trinajstić information content (AvgIpc) is 1.83. The molecule has 0 fully saturated rings. The molecule has 0 heterocycles. The van der Waals surface area contributed by atoms with Crippen LogP contribution in [0.1, 0.15) is 19.8 Å². The van der Waals surface area contributed by atoms with Crippen LogP contribution in [0.25, 0.3) is 0 Å². The molecule has 0 aromatic carbocycles. The van der Waals surface area contributed by atoms with E-state index in [1.165, 1.54) is 0 Å². The van der Waals surface area contributed by atoms with Crippen molar-refractivity contribution in [3.8, 4) is 0 Å². The molecule has 0 aromatic heterocycles. The Morgan fingerprint density at radius 1 is 1.75 bits per heavy atom. The maximum absolute atomic E-state index is 10.1. The summed E-state index contributed by atoms with van der Waals surface area (Å²) in [6.45, 7) is 2.09. The lowest BCUT2D eigenvalue weighted by molar-refractivity contribution is -0.107. The Balaban J connectivity index is 3.21. The summed E-state index contributed by atoms with van der Waals surface area (Å²) in [6, 6.07) is 0. The predicted octanol–water partition coefficient (Wildman–Crippen LogP) is 1.72. The minimum atomic E-state index is 0.236. The summed E-state index contributed by atoms with van der Waals surface area (Å²) >= 11 is 1.63. The molecular weight excluding hydrogens is 120 g/mol. The SMILES string of the molecule is CCCC(C=O)SC. The first-order chi connectivity index (χ1) is 3.85. The Morgan fingerprint density at radius 2 is 2.38 bits per heavy atom. The maximum Gasteiger partial charge on any atom is 0.132 e. The average molecular weight is 132 g/mol. The third-order valence-corrected chi connectivity index (χ3v) is 1.98. The molecule has 48 valence electrons. The molecule has 0 rings (SSSR count). The van der Waals surface area contributed by atoms with Crippen molar-refractivity contribution in [2.45, 2.75) is 25.0 Å². The first-order valence-electron chi connectivity index (χ1n) is 2.83. The fourth-order valence-electron chi connectivity index (χ4n) is 0.526. The summed E-state index contributed by atoms with van der Waals surface area (Å²) in [6.07, 6.45) is 5.11. The van der Waals surface area contributed by atoms with Gasteiger partial charge in [0.2, 0.25) is 0 Å². The highest BCUT2D eigenvalue weighted by atomic mass is 32.2. The van der Waals surface area contributed by atoms with E-state index in [1.54, 1.807) is 11.8 Å².